The summed E-state index contributed by atoms with van der Waals surface area (Å²) in [5.41, 5.74) is 2.21. The smallest absolute Gasteiger partial charge is 0.155 e. The van der Waals surface area contributed by atoms with Crippen LogP contribution >= 0.6 is 15.9 Å². The molecule has 0 amide bonds. The van der Waals surface area contributed by atoms with Gasteiger partial charge in [0.05, 0.1) is 12.6 Å². The van der Waals surface area contributed by atoms with Crippen LogP contribution < -0.4 is 4.84 Å². The third-order valence-electron chi connectivity index (χ3n) is 3.01. The van der Waals surface area contributed by atoms with E-state index in [9.17, 15) is 0 Å². The normalized spacial score (nSPS) is 24.6. The molecule has 0 spiro atoms. The molecule has 1 atom stereocenters. The molecule has 1 fully saturated rings. The second kappa shape index (κ2) is 3.87. The number of hydrogen-bond donors (Lipinski definition) is 0. The summed E-state index contributed by atoms with van der Waals surface area (Å²) in [5, 5.41) is 1.86. The van der Waals surface area contributed by atoms with E-state index in [1.54, 1.807) is 0 Å². The van der Waals surface area contributed by atoms with E-state index in [1.165, 1.54) is 0 Å². The van der Waals surface area contributed by atoms with Crippen LogP contribution in [0.25, 0.3) is 5.57 Å². The lowest BCUT2D eigenvalue weighted by Gasteiger charge is -2.39. The Bertz CT molecular complexity index is 447. The Kier molecular flexibility index (Phi) is 2.50. The molecule has 0 radical (unpaired) electrons. The molecule has 3 nitrogen and oxygen atoms in total. The molecule has 0 aromatic heterocycles. The maximum Gasteiger partial charge on any atom is 0.155 e. The third kappa shape index (κ3) is 1.57. The van der Waals surface area contributed by atoms with Crippen LogP contribution in [-0.2, 0) is 4.74 Å². The molecular weight excluding hydrogens is 270 g/mol. The van der Waals surface area contributed by atoms with E-state index >= 15 is 0 Å². The van der Waals surface area contributed by atoms with Crippen molar-refractivity contribution in [1.82, 2.24) is 5.06 Å². The second-order valence-electron chi connectivity index (χ2n) is 4.02. The Hall–Kier alpha value is -0.840. The highest BCUT2D eigenvalue weighted by Crippen LogP contribution is 2.38. The van der Waals surface area contributed by atoms with Gasteiger partial charge in [-0.15, -0.1) is 5.06 Å². The predicted molar refractivity (Wildman–Crippen MR) is 64.9 cm³/mol. The number of ether oxygens (including phenoxy) is 1. The third-order valence-corrected chi connectivity index (χ3v) is 3.50. The van der Waals surface area contributed by atoms with Gasteiger partial charge in [0, 0.05) is 10.0 Å². The van der Waals surface area contributed by atoms with E-state index in [0.717, 1.165) is 34.4 Å². The molecule has 0 N–H and O–H groups in total. The molecule has 2 aliphatic rings. The van der Waals surface area contributed by atoms with Gasteiger partial charge in [0.25, 0.3) is 0 Å². The topological polar surface area (TPSA) is 21.7 Å². The van der Waals surface area contributed by atoms with Crippen molar-refractivity contribution < 1.29 is 9.57 Å². The van der Waals surface area contributed by atoms with Crippen molar-refractivity contribution in [2.75, 3.05) is 13.3 Å². The average molecular weight is 282 g/mol. The van der Waals surface area contributed by atoms with Crippen LogP contribution in [0, 0.1) is 0 Å². The molecule has 16 heavy (non-hydrogen) atoms. The van der Waals surface area contributed by atoms with Gasteiger partial charge in [0.1, 0.15) is 6.73 Å². The van der Waals surface area contributed by atoms with Gasteiger partial charge < -0.3 is 9.57 Å². The van der Waals surface area contributed by atoms with Crippen molar-refractivity contribution in [3.63, 3.8) is 0 Å². The fourth-order valence-corrected chi connectivity index (χ4v) is 2.52. The summed E-state index contributed by atoms with van der Waals surface area (Å²) in [6.45, 7) is 5.47. The molecular formula is C12H12BrNO2. The Morgan fingerprint density at radius 2 is 2.31 bits per heavy atom. The van der Waals surface area contributed by atoms with Crippen LogP contribution in [-0.4, -0.2) is 24.4 Å². The summed E-state index contributed by atoms with van der Waals surface area (Å²) >= 11 is 3.47. The van der Waals surface area contributed by atoms with E-state index in [2.05, 4.69) is 28.6 Å². The zero-order chi connectivity index (χ0) is 11.1. The van der Waals surface area contributed by atoms with Gasteiger partial charge in [-0.25, -0.2) is 0 Å². The molecule has 3 rings (SSSR count). The number of rotatable bonds is 0. The van der Waals surface area contributed by atoms with E-state index < -0.39 is 0 Å². The van der Waals surface area contributed by atoms with Crippen molar-refractivity contribution in [1.29, 1.82) is 0 Å². The maximum absolute atomic E-state index is 5.79. The van der Waals surface area contributed by atoms with Crippen LogP contribution in [0.4, 0.5) is 0 Å². The second-order valence-corrected chi connectivity index (χ2v) is 4.93. The van der Waals surface area contributed by atoms with Gasteiger partial charge in [-0.05, 0) is 30.2 Å². The van der Waals surface area contributed by atoms with Crippen molar-refractivity contribution in [3.05, 3.63) is 34.8 Å². The van der Waals surface area contributed by atoms with Crippen LogP contribution in [0.2, 0.25) is 0 Å². The van der Waals surface area contributed by atoms with Crippen LogP contribution in [0.15, 0.2) is 29.3 Å². The Morgan fingerprint density at radius 1 is 1.44 bits per heavy atom. The number of fused-ring (bicyclic) bond motifs is 2. The fraction of sp³-hybridized carbons (Fsp3) is 0.333. The summed E-state index contributed by atoms with van der Waals surface area (Å²) in [6, 6.07) is 6.23. The van der Waals surface area contributed by atoms with E-state index in [1.807, 2.05) is 17.2 Å². The quantitative estimate of drug-likeness (QED) is 0.730. The summed E-state index contributed by atoms with van der Waals surface area (Å²) < 4.78 is 6.43. The van der Waals surface area contributed by atoms with Gasteiger partial charge in [-0.2, -0.15) is 0 Å². The lowest BCUT2D eigenvalue weighted by atomic mass is 9.95. The monoisotopic (exact) mass is 281 g/mol. The van der Waals surface area contributed by atoms with E-state index in [-0.39, 0.29) is 6.04 Å². The van der Waals surface area contributed by atoms with Crippen LogP contribution in [0.1, 0.15) is 12.0 Å². The van der Waals surface area contributed by atoms with Crippen LogP contribution in [0.3, 0.4) is 0 Å². The highest BCUT2D eigenvalue weighted by Gasteiger charge is 2.33. The van der Waals surface area contributed by atoms with Gasteiger partial charge in [0.15, 0.2) is 5.75 Å². The molecule has 84 valence electrons. The fourth-order valence-electron chi connectivity index (χ4n) is 2.16. The summed E-state index contributed by atoms with van der Waals surface area (Å²) in [7, 11) is 0. The molecule has 1 saturated heterocycles. The van der Waals surface area contributed by atoms with Gasteiger partial charge in [0.2, 0.25) is 0 Å². The molecule has 1 aromatic carbocycles. The van der Waals surface area contributed by atoms with Crippen LogP contribution in [0.5, 0.6) is 5.75 Å². The lowest BCUT2D eigenvalue weighted by Crippen LogP contribution is -2.47. The largest absolute Gasteiger partial charge is 0.402 e. The number of nitrogens with zero attached hydrogens (tertiary/aromatic N) is 1. The molecule has 1 aromatic rings. The molecule has 0 saturated carbocycles. The summed E-state index contributed by atoms with van der Waals surface area (Å²) in [4.78, 5) is 5.79. The highest BCUT2D eigenvalue weighted by molar-refractivity contribution is 9.10. The van der Waals surface area contributed by atoms with Crippen molar-refractivity contribution in [2.45, 2.75) is 12.5 Å². The SMILES string of the molecule is C=C1c2cc(Br)ccc2ON2COCCC12. The Labute approximate surface area is 103 Å². The first-order valence-corrected chi connectivity index (χ1v) is 6.06. The minimum Gasteiger partial charge on any atom is -0.402 e. The maximum atomic E-state index is 5.79. The minimum absolute atomic E-state index is 0.246. The molecule has 4 heteroatoms. The molecule has 2 heterocycles. The molecule has 2 aliphatic heterocycles. The molecule has 0 bridgehead atoms. The van der Waals surface area contributed by atoms with Crippen molar-refractivity contribution in [3.8, 4) is 5.75 Å². The van der Waals surface area contributed by atoms with E-state index in [4.69, 9.17) is 9.57 Å². The first-order valence-electron chi connectivity index (χ1n) is 5.27. The van der Waals surface area contributed by atoms with Crippen molar-refractivity contribution in [2.24, 2.45) is 0 Å². The number of hydrogen-bond acceptors (Lipinski definition) is 3. The summed E-state index contributed by atoms with van der Waals surface area (Å²) in [5.74, 6) is 0.856. The Morgan fingerprint density at radius 3 is 3.19 bits per heavy atom. The highest BCUT2D eigenvalue weighted by atomic mass is 79.9. The Balaban J connectivity index is 2.03. The van der Waals surface area contributed by atoms with E-state index in [0.29, 0.717) is 6.73 Å². The zero-order valence-corrected chi connectivity index (χ0v) is 10.4. The lowest BCUT2D eigenvalue weighted by molar-refractivity contribution is -0.185. The standard InChI is InChI=1S/C12H12BrNO2/c1-8-10-6-9(13)2-3-12(10)16-14-7-15-5-4-11(8)14/h2-3,6,11H,1,4-5,7H2. The average Bonchev–Trinajstić information content (AvgIpc) is 2.31. The van der Waals surface area contributed by atoms with Crippen molar-refractivity contribution >= 4 is 21.5 Å². The number of hydroxylamine groups is 2. The number of halogens is 1. The minimum atomic E-state index is 0.246. The van der Waals surface area contributed by atoms with Gasteiger partial charge in [-0.1, -0.05) is 22.5 Å². The van der Waals surface area contributed by atoms with Gasteiger partial charge >= 0.3 is 0 Å². The molecule has 0 aliphatic carbocycles. The zero-order valence-electron chi connectivity index (χ0n) is 8.78. The molecule has 1 unspecified atom stereocenters. The summed E-state index contributed by atoms with van der Waals surface area (Å²) in [6.07, 6.45) is 0.935. The predicted octanol–water partition coefficient (Wildman–Crippen LogP) is 2.82. The van der Waals surface area contributed by atoms with Gasteiger partial charge in [-0.3, -0.25) is 0 Å². The first kappa shape index (κ1) is 10.3. The number of benzene rings is 1. The first-order chi connectivity index (χ1) is 7.75.